The second-order valence-electron chi connectivity index (χ2n) is 5.31. The van der Waals surface area contributed by atoms with E-state index >= 15 is 0 Å². The zero-order valence-electron chi connectivity index (χ0n) is 14.4. The molecule has 0 fully saturated rings. The Balaban J connectivity index is 2.21. The number of nitrogens with zero attached hydrogens (tertiary/aromatic N) is 4. The highest BCUT2D eigenvalue weighted by atomic mass is 32.2. The van der Waals surface area contributed by atoms with E-state index in [4.69, 9.17) is 4.74 Å². The fourth-order valence-corrected chi connectivity index (χ4v) is 4.46. The summed E-state index contributed by atoms with van der Waals surface area (Å²) in [5.74, 6) is -0.284. The summed E-state index contributed by atoms with van der Waals surface area (Å²) >= 11 is 2.85. The molecule has 0 atom stereocenters. The Kier molecular flexibility index (Phi) is 6.56. The van der Waals surface area contributed by atoms with Crippen molar-refractivity contribution in [2.24, 2.45) is 0 Å². The Labute approximate surface area is 150 Å². The van der Waals surface area contributed by atoms with Crippen LogP contribution in [0.25, 0.3) is 0 Å². The summed E-state index contributed by atoms with van der Waals surface area (Å²) in [6.07, 6.45) is 0.221. The summed E-state index contributed by atoms with van der Waals surface area (Å²) in [6, 6.07) is 3.83. The van der Waals surface area contributed by atoms with Crippen molar-refractivity contribution in [1.29, 1.82) is 0 Å². The number of rotatable bonds is 6. The van der Waals surface area contributed by atoms with Crippen molar-refractivity contribution in [2.75, 3.05) is 7.11 Å². The van der Waals surface area contributed by atoms with Crippen LogP contribution in [0.15, 0.2) is 22.4 Å². The molecule has 24 heavy (non-hydrogen) atoms. The molecular formula is C16H20N4O2S2. The minimum atomic E-state index is -0.284. The Morgan fingerprint density at radius 3 is 1.62 bits per heavy atom. The molecule has 0 bridgehead atoms. The van der Waals surface area contributed by atoms with Crippen molar-refractivity contribution in [2.45, 2.75) is 49.0 Å². The number of methoxy groups -OCH3 is 1. The lowest BCUT2D eigenvalue weighted by molar-refractivity contribution is -0.140. The second kappa shape index (κ2) is 8.43. The third-order valence-electron chi connectivity index (χ3n) is 2.96. The van der Waals surface area contributed by atoms with Crippen LogP contribution < -0.4 is 0 Å². The number of aryl methyl sites for hydroxylation is 4. The van der Waals surface area contributed by atoms with Gasteiger partial charge in [0, 0.05) is 22.8 Å². The first-order valence-electron chi connectivity index (χ1n) is 7.40. The van der Waals surface area contributed by atoms with Crippen LogP contribution in [0.2, 0.25) is 0 Å². The average Bonchev–Trinajstić information content (AvgIpc) is 2.44. The fourth-order valence-electron chi connectivity index (χ4n) is 2.05. The van der Waals surface area contributed by atoms with Crippen LogP contribution in [0.5, 0.6) is 0 Å². The maximum atomic E-state index is 11.7. The number of hydrogen-bond acceptors (Lipinski definition) is 8. The summed E-state index contributed by atoms with van der Waals surface area (Å²) in [7, 11) is 1.38. The van der Waals surface area contributed by atoms with E-state index in [0.717, 1.165) is 22.8 Å². The first-order chi connectivity index (χ1) is 11.4. The van der Waals surface area contributed by atoms with Gasteiger partial charge in [0.2, 0.25) is 0 Å². The summed E-state index contributed by atoms with van der Waals surface area (Å²) in [6.45, 7) is 7.70. The van der Waals surface area contributed by atoms with E-state index in [2.05, 4.69) is 19.9 Å². The Morgan fingerprint density at radius 1 is 0.917 bits per heavy atom. The Bertz CT molecular complexity index is 646. The maximum Gasteiger partial charge on any atom is 0.307 e. The van der Waals surface area contributed by atoms with Crippen molar-refractivity contribution in [1.82, 2.24) is 19.9 Å². The summed E-state index contributed by atoms with van der Waals surface area (Å²) in [5.41, 5.74) is 3.59. The van der Waals surface area contributed by atoms with Crippen molar-refractivity contribution < 1.29 is 9.53 Å². The van der Waals surface area contributed by atoms with Crippen molar-refractivity contribution in [3.8, 4) is 0 Å². The van der Waals surface area contributed by atoms with Crippen molar-refractivity contribution >= 4 is 29.5 Å². The highest BCUT2D eigenvalue weighted by Crippen LogP contribution is 2.35. The number of hydrogen-bond donors (Lipinski definition) is 0. The van der Waals surface area contributed by atoms with Gasteiger partial charge in [-0.1, -0.05) is 23.5 Å². The van der Waals surface area contributed by atoms with Crippen LogP contribution in [0, 0.1) is 27.7 Å². The first-order valence-corrected chi connectivity index (χ1v) is 9.16. The highest BCUT2D eigenvalue weighted by molar-refractivity contribution is 8.16. The van der Waals surface area contributed by atoms with Gasteiger partial charge in [-0.25, -0.2) is 19.9 Å². The van der Waals surface area contributed by atoms with E-state index in [0.29, 0.717) is 10.3 Å². The number of esters is 1. The van der Waals surface area contributed by atoms with Gasteiger partial charge in [-0.3, -0.25) is 4.79 Å². The molecule has 0 unspecified atom stereocenters. The van der Waals surface area contributed by atoms with Crippen LogP contribution in [0.4, 0.5) is 0 Å². The molecule has 2 heterocycles. The van der Waals surface area contributed by atoms with Gasteiger partial charge in [0.1, 0.15) is 0 Å². The van der Waals surface area contributed by atoms with Crippen molar-refractivity contribution in [3.63, 3.8) is 0 Å². The molecule has 0 aliphatic heterocycles. The fraction of sp³-hybridized carbons (Fsp3) is 0.438. The van der Waals surface area contributed by atoms with Crippen LogP contribution in [0.3, 0.4) is 0 Å². The average molecular weight is 364 g/mol. The van der Waals surface area contributed by atoms with Crippen LogP contribution in [-0.2, 0) is 9.53 Å². The van der Waals surface area contributed by atoms with Gasteiger partial charge in [0.25, 0.3) is 0 Å². The van der Waals surface area contributed by atoms with Crippen LogP contribution >= 0.6 is 23.5 Å². The Morgan fingerprint density at radius 2 is 1.29 bits per heavy atom. The predicted octanol–water partition coefficient (Wildman–Crippen LogP) is 3.27. The van der Waals surface area contributed by atoms with E-state index in [-0.39, 0.29) is 17.0 Å². The lowest BCUT2D eigenvalue weighted by Crippen LogP contribution is -2.11. The van der Waals surface area contributed by atoms with E-state index < -0.39 is 0 Å². The smallest absolute Gasteiger partial charge is 0.307 e. The van der Waals surface area contributed by atoms with Gasteiger partial charge in [0.05, 0.1) is 18.1 Å². The lowest BCUT2D eigenvalue weighted by Gasteiger charge is -2.14. The summed E-state index contributed by atoms with van der Waals surface area (Å²) in [4.78, 5) is 29.5. The normalized spacial score (nSPS) is 10.9. The molecule has 0 aromatic carbocycles. The van der Waals surface area contributed by atoms with Gasteiger partial charge in [-0.05, 0) is 39.8 Å². The molecule has 0 N–H and O–H groups in total. The van der Waals surface area contributed by atoms with Gasteiger partial charge >= 0.3 is 5.97 Å². The number of carbonyl (C=O) groups excluding carboxylic acids is 1. The SMILES string of the molecule is COC(=O)CC(Sc1nc(C)cc(C)n1)Sc1nc(C)cc(C)n1. The molecule has 6 nitrogen and oxygen atoms in total. The molecule has 0 aliphatic carbocycles. The molecule has 0 amide bonds. The van der Waals surface area contributed by atoms with Crippen LogP contribution in [-0.4, -0.2) is 37.6 Å². The highest BCUT2D eigenvalue weighted by Gasteiger charge is 2.21. The minimum Gasteiger partial charge on any atom is -0.469 e. The van der Waals surface area contributed by atoms with Gasteiger partial charge in [-0.2, -0.15) is 0 Å². The summed E-state index contributed by atoms with van der Waals surface area (Å²) < 4.78 is 4.64. The third kappa shape index (κ3) is 5.76. The van der Waals surface area contributed by atoms with E-state index in [9.17, 15) is 4.79 Å². The third-order valence-corrected chi connectivity index (χ3v) is 5.18. The topological polar surface area (TPSA) is 77.9 Å². The Hall–Kier alpha value is -1.67. The van der Waals surface area contributed by atoms with Gasteiger partial charge < -0.3 is 4.74 Å². The molecule has 0 spiro atoms. The molecule has 0 radical (unpaired) electrons. The molecule has 128 valence electrons. The number of aromatic nitrogens is 4. The maximum absolute atomic E-state index is 11.7. The number of carbonyl (C=O) groups is 1. The summed E-state index contributed by atoms with van der Waals surface area (Å²) in [5, 5.41) is 1.27. The predicted molar refractivity (Wildman–Crippen MR) is 95.1 cm³/mol. The first kappa shape index (κ1) is 18.7. The van der Waals surface area contributed by atoms with E-state index in [1.165, 1.54) is 30.6 Å². The molecule has 2 rings (SSSR count). The molecule has 0 saturated carbocycles. The zero-order valence-corrected chi connectivity index (χ0v) is 16.0. The molecular weight excluding hydrogens is 344 g/mol. The van der Waals surface area contributed by atoms with E-state index in [1.807, 2.05) is 39.8 Å². The molecule has 0 aliphatic rings. The molecule has 2 aromatic rings. The van der Waals surface area contributed by atoms with Gasteiger partial charge in [0.15, 0.2) is 10.3 Å². The lowest BCUT2D eigenvalue weighted by atomic mass is 10.4. The minimum absolute atomic E-state index is 0.167. The molecule has 2 aromatic heterocycles. The quantitative estimate of drug-likeness (QED) is 0.334. The monoisotopic (exact) mass is 364 g/mol. The zero-order chi connectivity index (χ0) is 17.7. The largest absolute Gasteiger partial charge is 0.469 e. The molecule has 8 heteroatoms. The number of ether oxygens (including phenoxy) is 1. The van der Waals surface area contributed by atoms with E-state index in [1.54, 1.807) is 0 Å². The standard InChI is InChI=1S/C16H20N4O2S2/c1-9-6-10(2)18-15(17-9)23-14(8-13(21)22-5)24-16-19-11(3)7-12(4)20-16/h6-7,14H,8H2,1-5H3. The number of thioether (sulfide) groups is 2. The van der Waals surface area contributed by atoms with Crippen molar-refractivity contribution in [3.05, 3.63) is 34.9 Å². The second-order valence-corrected chi connectivity index (χ2v) is 7.95. The molecule has 0 saturated heterocycles. The van der Waals surface area contributed by atoms with Crippen LogP contribution in [0.1, 0.15) is 29.2 Å². The van der Waals surface area contributed by atoms with Gasteiger partial charge in [-0.15, -0.1) is 0 Å².